The van der Waals surface area contributed by atoms with Crippen molar-refractivity contribution in [2.24, 2.45) is 0 Å². The van der Waals surface area contributed by atoms with E-state index >= 15 is 0 Å². The Morgan fingerprint density at radius 3 is 2.60 bits per heavy atom. The number of amides is 1. The average Bonchev–Trinajstić information content (AvgIpc) is 3.13. The van der Waals surface area contributed by atoms with Gasteiger partial charge in [0.25, 0.3) is 0 Å². The van der Waals surface area contributed by atoms with Crippen LogP contribution >= 0.6 is 23.4 Å². The maximum Gasteiger partial charge on any atom is 0.240 e. The van der Waals surface area contributed by atoms with Gasteiger partial charge in [-0.05, 0) is 48.9 Å². The van der Waals surface area contributed by atoms with Crippen molar-refractivity contribution in [3.8, 4) is 11.5 Å². The number of hydrogen-bond donors (Lipinski definition) is 2. The van der Waals surface area contributed by atoms with Crippen molar-refractivity contribution < 1.29 is 14.3 Å². The maximum atomic E-state index is 13.2. The smallest absolute Gasteiger partial charge is 0.240 e. The van der Waals surface area contributed by atoms with E-state index in [4.69, 9.17) is 21.1 Å². The molecule has 1 aliphatic rings. The predicted octanol–water partition coefficient (Wildman–Crippen LogP) is 3.65. The molecule has 2 heterocycles. The largest absolute Gasteiger partial charge is 0.497 e. The molecule has 0 unspecified atom stereocenters. The first-order valence-electron chi connectivity index (χ1n) is 9.13. The number of methoxy groups -OCH3 is 2. The lowest BCUT2D eigenvalue weighted by atomic mass is 10.0. The monoisotopic (exact) mass is 445 g/mol. The van der Waals surface area contributed by atoms with E-state index in [1.807, 2.05) is 13.0 Å². The molecule has 1 aromatic heterocycles. The highest BCUT2D eigenvalue weighted by molar-refractivity contribution is 8.00. The lowest BCUT2D eigenvalue weighted by Gasteiger charge is -2.33. The van der Waals surface area contributed by atoms with Crippen LogP contribution in [0.5, 0.6) is 11.5 Å². The van der Waals surface area contributed by atoms with Crippen LogP contribution in [-0.4, -0.2) is 40.3 Å². The van der Waals surface area contributed by atoms with Gasteiger partial charge in [0, 0.05) is 5.69 Å². The molecule has 0 aliphatic carbocycles. The Hall–Kier alpha value is -2.91. The standard InChI is InChI=1S/C20H20ClN5O3S/c1-11-23-24-20-26(11)25-17(12-4-9-16(29-3)15(21)10-12)18(30-20)19(27)22-13-5-7-14(28-2)8-6-13/h4-10,17-18,25H,1-3H3,(H,22,27)/t17-,18+/m0/s1. The molecule has 30 heavy (non-hydrogen) atoms. The van der Waals surface area contributed by atoms with Gasteiger partial charge in [0.1, 0.15) is 22.6 Å². The van der Waals surface area contributed by atoms with Crippen LogP contribution in [0.15, 0.2) is 47.6 Å². The van der Waals surface area contributed by atoms with Crippen LogP contribution < -0.4 is 20.2 Å². The summed E-state index contributed by atoms with van der Waals surface area (Å²) in [5.41, 5.74) is 4.88. The molecule has 0 saturated carbocycles. The van der Waals surface area contributed by atoms with Crippen LogP contribution in [0.3, 0.4) is 0 Å². The first-order chi connectivity index (χ1) is 14.5. The van der Waals surface area contributed by atoms with Gasteiger partial charge in [-0.2, -0.15) is 0 Å². The fourth-order valence-corrected chi connectivity index (χ4v) is 4.57. The second kappa shape index (κ2) is 8.45. The van der Waals surface area contributed by atoms with Gasteiger partial charge in [0.15, 0.2) is 0 Å². The van der Waals surface area contributed by atoms with Crippen molar-refractivity contribution in [2.45, 2.75) is 23.4 Å². The molecular formula is C20H20ClN5O3S. The first-order valence-corrected chi connectivity index (χ1v) is 10.4. The summed E-state index contributed by atoms with van der Waals surface area (Å²) in [5, 5.41) is 11.8. The minimum absolute atomic E-state index is 0.165. The first kappa shape index (κ1) is 20.4. The predicted molar refractivity (Wildman–Crippen MR) is 116 cm³/mol. The zero-order chi connectivity index (χ0) is 21.3. The molecule has 3 aromatic rings. The lowest BCUT2D eigenvalue weighted by Crippen LogP contribution is -2.41. The molecule has 1 aliphatic heterocycles. The lowest BCUT2D eigenvalue weighted by molar-refractivity contribution is -0.116. The fourth-order valence-electron chi connectivity index (χ4n) is 3.17. The Labute approximate surface area is 182 Å². The number of carbonyl (C=O) groups is 1. The number of halogens is 1. The van der Waals surface area contributed by atoms with E-state index in [9.17, 15) is 4.79 Å². The molecule has 0 radical (unpaired) electrons. The van der Waals surface area contributed by atoms with Crippen molar-refractivity contribution >= 4 is 35.0 Å². The maximum absolute atomic E-state index is 13.2. The number of anilines is 1. The van der Waals surface area contributed by atoms with E-state index in [0.717, 1.165) is 11.3 Å². The summed E-state index contributed by atoms with van der Waals surface area (Å²) >= 11 is 7.69. The number of rotatable bonds is 5. The molecule has 2 N–H and O–H groups in total. The Kier molecular flexibility index (Phi) is 5.74. The number of aryl methyl sites for hydroxylation is 1. The number of nitrogens with zero attached hydrogens (tertiary/aromatic N) is 3. The van der Waals surface area contributed by atoms with Crippen molar-refractivity contribution in [1.82, 2.24) is 14.9 Å². The van der Waals surface area contributed by atoms with Crippen molar-refractivity contribution in [2.75, 3.05) is 25.0 Å². The second-order valence-electron chi connectivity index (χ2n) is 6.62. The average molecular weight is 446 g/mol. The van der Waals surface area contributed by atoms with Gasteiger partial charge in [-0.25, -0.2) is 4.68 Å². The molecule has 0 spiro atoms. The van der Waals surface area contributed by atoms with Gasteiger partial charge in [-0.3, -0.25) is 4.79 Å². The molecule has 10 heteroatoms. The third kappa shape index (κ3) is 3.90. The number of hydrogen-bond acceptors (Lipinski definition) is 7. The van der Waals surface area contributed by atoms with E-state index in [1.54, 1.807) is 55.3 Å². The number of carbonyl (C=O) groups excluding carboxylic acids is 1. The quantitative estimate of drug-likeness (QED) is 0.619. The topological polar surface area (TPSA) is 90.3 Å². The molecule has 1 amide bonds. The molecular weight excluding hydrogens is 426 g/mol. The highest BCUT2D eigenvalue weighted by Gasteiger charge is 2.37. The fraction of sp³-hybridized carbons (Fsp3) is 0.250. The van der Waals surface area contributed by atoms with Crippen molar-refractivity contribution in [1.29, 1.82) is 0 Å². The summed E-state index contributed by atoms with van der Waals surface area (Å²) in [6.45, 7) is 1.85. The van der Waals surface area contributed by atoms with Gasteiger partial charge >= 0.3 is 0 Å². The van der Waals surface area contributed by atoms with Crippen LogP contribution in [0.4, 0.5) is 5.69 Å². The van der Waals surface area contributed by atoms with Gasteiger partial charge < -0.3 is 20.2 Å². The van der Waals surface area contributed by atoms with E-state index < -0.39 is 5.25 Å². The summed E-state index contributed by atoms with van der Waals surface area (Å²) < 4.78 is 12.2. The molecule has 2 atom stereocenters. The minimum atomic E-state index is -0.507. The van der Waals surface area contributed by atoms with E-state index in [2.05, 4.69) is 20.9 Å². The van der Waals surface area contributed by atoms with E-state index in [-0.39, 0.29) is 11.9 Å². The molecule has 2 aromatic carbocycles. The van der Waals surface area contributed by atoms with Crippen LogP contribution in [0.2, 0.25) is 5.02 Å². The molecule has 0 bridgehead atoms. The van der Waals surface area contributed by atoms with Crippen LogP contribution in [0.25, 0.3) is 0 Å². The highest BCUT2D eigenvalue weighted by Crippen LogP contribution is 2.39. The third-order valence-electron chi connectivity index (χ3n) is 4.75. The summed E-state index contributed by atoms with van der Waals surface area (Å²) in [6, 6.07) is 12.3. The van der Waals surface area contributed by atoms with E-state index in [0.29, 0.717) is 27.4 Å². The number of benzene rings is 2. The Bertz CT molecular complexity index is 1070. The zero-order valence-electron chi connectivity index (χ0n) is 16.5. The summed E-state index contributed by atoms with van der Waals surface area (Å²) in [6.07, 6.45) is 0. The Morgan fingerprint density at radius 1 is 1.17 bits per heavy atom. The molecule has 156 valence electrons. The van der Waals surface area contributed by atoms with Crippen molar-refractivity contribution in [3.05, 3.63) is 58.9 Å². The molecule has 0 saturated heterocycles. The number of nitrogens with one attached hydrogen (secondary N) is 2. The minimum Gasteiger partial charge on any atom is -0.497 e. The SMILES string of the molecule is COc1ccc(NC(=O)[C@@H]2Sc3nnc(C)n3N[C@H]2c2ccc(OC)c(Cl)c2)cc1. The number of thioether (sulfide) groups is 1. The normalized spacial score (nSPS) is 17.6. The van der Waals surface area contributed by atoms with Crippen LogP contribution in [-0.2, 0) is 4.79 Å². The summed E-state index contributed by atoms with van der Waals surface area (Å²) in [7, 11) is 3.16. The number of ether oxygens (including phenoxy) is 2. The molecule has 8 nitrogen and oxygen atoms in total. The molecule has 4 rings (SSSR count). The number of fused-ring (bicyclic) bond motifs is 1. The van der Waals surface area contributed by atoms with E-state index in [1.165, 1.54) is 11.8 Å². The summed E-state index contributed by atoms with van der Waals surface area (Å²) in [5.74, 6) is 1.83. The van der Waals surface area contributed by atoms with Gasteiger partial charge in [-0.1, -0.05) is 29.4 Å². The Morgan fingerprint density at radius 2 is 1.93 bits per heavy atom. The third-order valence-corrected chi connectivity index (χ3v) is 6.26. The molecule has 0 fully saturated rings. The van der Waals surface area contributed by atoms with Crippen LogP contribution in [0.1, 0.15) is 17.4 Å². The zero-order valence-corrected chi connectivity index (χ0v) is 18.1. The van der Waals surface area contributed by atoms with Crippen molar-refractivity contribution in [3.63, 3.8) is 0 Å². The van der Waals surface area contributed by atoms with Gasteiger partial charge in [-0.15, -0.1) is 10.2 Å². The highest BCUT2D eigenvalue weighted by atomic mass is 35.5. The number of aromatic nitrogens is 3. The summed E-state index contributed by atoms with van der Waals surface area (Å²) in [4.78, 5) is 13.2. The second-order valence-corrected chi connectivity index (χ2v) is 8.14. The van der Waals surface area contributed by atoms with Gasteiger partial charge in [0.2, 0.25) is 11.1 Å². The van der Waals surface area contributed by atoms with Gasteiger partial charge in [0.05, 0.1) is 25.3 Å². The van der Waals surface area contributed by atoms with Crippen LogP contribution in [0, 0.1) is 6.92 Å². The Balaban J connectivity index is 1.65.